The van der Waals surface area contributed by atoms with E-state index in [2.05, 4.69) is 0 Å². The Morgan fingerprint density at radius 1 is 1.09 bits per heavy atom. The Balaban J connectivity index is 1.81. The van der Waals surface area contributed by atoms with Crippen LogP contribution < -0.4 is 4.18 Å². The van der Waals surface area contributed by atoms with E-state index in [0.29, 0.717) is 20.9 Å². The highest BCUT2D eigenvalue weighted by Gasteiger charge is 2.21. The zero-order valence-electron chi connectivity index (χ0n) is 12.4. The highest BCUT2D eigenvalue weighted by atomic mass is 35.5. The molecule has 0 aromatic heterocycles. The number of benzene rings is 2. The van der Waals surface area contributed by atoms with Crippen molar-refractivity contribution in [3.8, 4) is 5.75 Å². The summed E-state index contributed by atoms with van der Waals surface area (Å²) in [5, 5.41) is 0.403. The van der Waals surface area contributed by atoms with Gasteiger partial charge >= 0.3 is 10.1 Å². The first-order valence-electron chi connectivity index (χ1n) is 7.00. The molecule has 1 aliphatic rings. The molecule has 1 aliphatic heterocycles. The molecule has 0 N–H and O–H groups in total. The predicted molar refractivity (Wildman–Crippen MR) is 98.1 cm³/mol. The molecule has 0 saturated carbocycles. The van der Waals surface area contributed by atoms with Gasteiger partial charge < -0.3 is 4.18 Å². The van der Waals surface area contributed by atoms with Gasteiger partial charge in [0.25, 0.3) is 0 Å². The van der Waals surface area contributed by atoms with E-state index in [9.17, 15) is 8.42 Å². The van der Waals surface area contributed by atoms with Gasteiger partial charge in [-0.1, -0.05) is 29.8 Å². The van der Waals surface area contributed by atoms with E-state index in [1.807, 2.05) is 35.7 Å². The van der Waals surface area contributed by atoms with Gasteiger partial charge in [-0.25, -0.2) is 0 Å². The van der Waals surface area contributed by atoms with E-state index >= 15 is 0 Å². The molecule has 1 fully saturated rings. The van der Waals surface area contributed by atoms with Crippen molar-refractivity contribution in [1.29, 1.82) is 0 Å². The number of halogens is 1. The zero-order chi connectivity index (χ0) is 16.4. The molecule has 0 atom stereocenters. The van der Waals surface area contributed by atoms with Crippen molar-refractivity contribution in [3.63, 3.8) is 0 Å². The molecule has 2 aromatic rings. The first-order chi connectivity index (χ1) is 11.0. The Kier molecular flexibility index (Phi) is 5.16. The van der Waals surface area contributed by atoms with Crippen molar-refractivity contribution in [2.24, 2.45) is 0 Å². The van der Waals surface area contributed by atoms with E-state index in [1.54, 1.807) is 31.2 Å². The smallest absolute Gasteiger partial charge is 0.339 e. The lowest BCUT2D eigenvalue weighted by Crippen LogP contribution is -2.11. The van der Waals surface area contributed by atoms with Gasteiger partial charge in [0.05, 0.1) is 4.58 Å². The van der Waals surface area contributed by atoms with Crippen LogP contribution in [0.2, 0.25) is 5.02 Å². The quantitative estimate of drug-likeness (QED) is 0.699. The fourth-order valence-corrected chi connectivity index (χ4v) is 6.54. The van der Waals surface area contributed by atoms with E-state index < -0.39 is 10.1 Å². The van der Waals surface area contributed by atoms with Crippen LogP contribution in [0.1, 0.15) is 15.7 Å². The fraction of sp³-hybridized carbons (Fsp3) is 0.250. The molecule has 0 amide bonds. The first-order valence-corrected chi connectivity index (χ1v) is 10.9. The second kappa shape index (κ2) is 6.97. The van der Waals surface area contributed by atoms with Crippen molar-refractivity contribution in [1.82, 2.24) is 0 Å². The Morgan fingerprint density at radius 3 is 2.39 bits per heavy atom. The van der Waals surface area contributed by atoms with Gasteiger partial charge in [-0.2, -0.15) is 8.42 Å². The standard InChI is InChI=1S/C16H15ClO3S3/c1-11-14(17)3-2-4-15(11)23(18,19)20-13-7-5-12(6-8-13)16-21-9-10-22-16/h2-8,16H,9-10H2,1H3. The third kappa shape index (κ3) is 3.82. The SMILES string of the molecule is Cc1c(Cl)cccc1S(=O)(=O)Oc1ccc(C2SCCS2)cc1. The van der Waals surface area contributed by atoms with Crippen LogP contribution in [-0.2, 0) is 10.1 Å². The highest BCUT2D eigenvalue weighted by Crippen LogP contribution is 2.45. The second-order valence-electron chi connectivity index (χ2n) is 5.04. The molecule has 0 bridgehead atoms. The van der Waals surface area contributed by atoms with Crippen molar-refractivity contribution in [3.05, 3.63) is 58.6 Å². The van der Waals surface area contributed by atoms with Crippen molar-refractivity contribution >= 4 is 45.2 Å². The van der Waals surface area contributed by atoms with Crippen LogP contribution in [0, 0.1) is 6.92 Å². The number of hydrogen-bond acceptors (Lipinski definition) is 5. The minimum atomic E-state index is -3.89. The van der Waals surface area contributed by atoms with Crippen LogP contribution in [0.3, 0.4) is 0 Å². The van der Waals surface area contributed by atoms with E-state index in [1.165, 1.54) is 11.6 Å². The summed E-state index contributed by atoms with van der Waals surface area (Å²) in [6, 6.07) is 12.0. The molecule has 7 heteroatoms. The molecule has 0 aliphatic carbocycles. The Bertz CT molecular complexity index is 798. The molecule has 0 unspecified atom stereocenters. The Morgan fingerprint density at radius 2 is 1.74 bits per heavy atom. The zero-order valence-corrected chi connectivity index (χ0v) is 15.6. The summed E-state index contributed by atoms with van der Waals surface area (Å²) < 4.78 is 30.5. The summed E-state index contributed by atoms with van der Waals surface area (Å²) in [6.45, 7) is 1.66. The fourth-order valence-electron chi connectivity index (χ4n) is 2.26. The van der Waals surface area contributed by atoms with Gasteiger partial charge in [-0.3, -0.25) is 0 Å². The lowest BCUT2D eigenvalue weighted by Gasteiger charge is -2.12. The summed E-state index contributed by atoms with van der Waals surface area (Å²) in [4.78, 5) is 0.0935. The molecule has 122 valence electrons. The van der Waals surface area contributed by atoms with Crippen LogP contribution in [0.15, 0.2) is 47.4 Å². The van der Waals surface area contributed by atoms with Gasteiger partial charge in [-0.15, -0.1) is 23.5 Å². The van der Waals surface area contributed by atoms with Gasteiger partial charge in [0, 0.05) is 16.5 Å². The van der Waals surface area contributed by atoms with Crippen LogP contribution in [-0.4, -0.2) is 19.9 Å². The lowest BCUT2D eigenvalue weighted by molar-refractivity contribution is 0.485. The predicted octanol–water partition coefficient (Wildman–Crippen LogP) is 4.89. The van der Waals surface area contributed by atoms with Gasteiger partial charge in [-0.05, 0) is 42.3 Å². The maximum atomic E-state index is 12.4. The van der Waals surface area contributed by atoms with Crippen LogP contribution in [0.4, 0.5) is 0 Å². The van der Waals surface area contributed by atoms with Gasteiger partial charge in [0.1, 0.15) is 10.6 Å². The summed E-state index contributed by atoms with van der Waals surface area (Å²) in [5.41, 5.74) is 1.67. The van der Waals surface area contributed by atoms with Gasteiger partial charge in [0.15, 0.2) is 0 Å². The normalized spacial score (nSPS) is 15.7. The molecule has 1 heterocycles. The summed E-state index contributed by atoms with van der Waals surface area (Å²) in [7, 11) is -3.89. The van der Waals surface area contributed by atoms with Crippen LogP contribution >= 0.6 is 35.1 Å². The minimum absolute atomic E-state index is 0.0935. The minimum Gasteiger partial charge on any atom is -0.379 e. The number of hydrogen-bond donors (Lipinski definition) is 0. The first kappa shape index (κ1) is 17.0. The Hall–Kier alpha value is -0.820. The maximum absolute atomic E-state index is 12.4. The molecular formula is C16H15ClO3S3. The average molecular weight is 387 g/mol. The molecule has 0 spiro atoms. The molecule has 23 heavy (non-hydrogen) atoms. The molecule has 1 saturated heterocycles. The summed E-state index contributed by atoms with van der Waals surface area (Å²) in [5.74, 6) is 2.60. The number of thioether (sulfide) groups is 2. The van der Waals surface area contributed by atoms with Crippen LogP contribution in [0.5, 0.6) is 5.75 Å². The largest absolute Gasteiger partial charge is 0.379 e. The highest BCUT2D eigenvalue weighted by molar-refractivity contribution is 8.19. The van der Waals surface area contributed by atoms with E-state index in [-0.39, 0.29) is 4.90 Å². The molecule has 3 rings (SSSR count). The molecular weight excluding hydrogens is 372 g/mol. The topological polar surface area (TPSA) is 43.4 Å². The van der Waals surface area contributed by atoms with E-state index in [0.717, 1.165) is 11.5 Å². The summed E-state index contributed by atoms with van der Waals surface area (Å²) >= 11 is 9.80. The Labute approximate surface area is 149 Å². The molecule has 2 aromatic carbocycles. The van der Waals surface area contributed by atoms with Crippen molar-refractivity contribution in [2.75, 3.05) is 11.5 Å². The van der Waals surface area contributed by atoms with E-state index in [4.69, 9.17) is 15.8 Å². The average Bonchev–Trinajstić information content (AvgIpc) is 3.04. The monoisotopic (exact) mass is 386 g/mol. The molecule has 3 nitrogen and oxygen atoms in total. The maximum Gasteiger partial charge on any atom is 0.339 e. The molecule has 0 radical (unpaired) electrons. The van der Waals surface area contributed by atoms with Crippen molar-refractivity contribution < 1.29 is 12.6 Å². The van der Waals surface area contributed by atoms with Crippen molar-refractivity contribution in [2.45, 2.75) is 16.4 Å². The van der Waals surface area contributed by atoms with Gasteiger partial charge in [0.2, 0.25) is 0 Å². The van der Waals surface area contributed by atoms with Crippen LogP contribution in [0.25, 0.3) is 0 Å². The second-order valence-corrected chi connectivity index (χ2v) is 9.69. The third-order valence-corrected chi connectivity index (χ3v) is 8.37. The number of rotatable bonds is 4. The summed E-state index contributed by atoms with van der Waals surface area (Å²) in [6.07, 6.45) is 0. The third-order valence-electron chi connectivity index (χ3n) is 3.47. The lowest BCUT2D eigenvalue weighted by atomic mass is 10.2.